The molecule has 0 radical (unpaired) electrons. The van der Waals surface area contributed by atoms with Crippen molar-refractivity contribution >= 4 is 11.9 Å². The highest BCUT2D eigenvalue weighted by molar-refractivity contribution is 5.89. The minimum absolute atomic E-state index is 0.129. The van der Waals surface area contributed by atoms with E-state index in [1.54, 1.807) is 30.1 Å². The zero-order valence-corrected chi connectivity index (χ0v) is 11.6. The highest BCUT2D eigenvalue weighted by Crippen LogP contribution is 2.12. The average molecular weight is 276 g/mol. The van der Waals surface area contributed by atoms with Crippen LogP contribution in [0.25, 0.3) is 0 Å². The Morgan fingerprint density at radius 1 is 1.35 bits per heavy atom. The van der Waals surface area contributed by atoms with E-state index in [1.165, 1.54) is 0 Å². The number of hydrogen-bond acceptors (Lipinski definition) is 3. The van der Waals surface area contributed by atoms with E-state index in [9.17, 15) is 9.59 Å². The van der Waals surface area contributed by atoms with Crippen LogP contribution in [0, 0.1) is 5.92 Å². The number of nitrogens with zero attached hydrogens (tertiary/aromatic N) is 1. The van der Waals surface area contributed by atoms with Gasteiger partial charge in [0, 0.05) is 20.0 Å². The number of carboxylic acid groups (broad SMARTS) is 1. The van der Waals surface area contributed by atoms with Crippen LogP contribution in [0.2, 0.25) is 0 Å². The molecule has 1 amide bonds. The minimum Gasteiger partial charge on any atom is -0.478 e. The molecule has 0 aromatic heterocycles. The predicted molar refractivity (Wildman–Crippen MR) is 75.7 cm³/mol. The SMILES string of the molecule is CN(CCc1ccccc1C(=O)O)C(=O)CC1CNC1. The maximum Gasteiger partial charge on any atom is 0.335 e. The van der Waals surface area contributed by atoms with Gasteiger partial charge >= 0.3 is 5.97 Å². The zero-order chi connectivity index (χ0) is 14.5. The Bertz CT molecular complexity index is 498. The number of nitrogens with one attached hydrogen (secondary N) is 1. The molecule has 0 atom stereocenters. The molecule has 0 saturated carbocycles. The van der Waals surface area contributed by atoms with Crippen molar-refractivity contribution in [1.29, 1.82) is 0 Å². The number of carbonyl (C=O) groups excluding carboxylic acids is 1. The van der Waals surface area contributed by atoms with E-state index in [4.69, 9.17) is 5.11 Å². The van der Waals surface area contributed by atoms with E-state index in [-0.39, 0.29) is 5.91 Å². The van der Waals surface area contributed by atoms with Crippen LogP contribution < -0.4 is 5.32 Å². The first-order valence-electron chi connectivity index (χ1n) is 6.84. The quantitative estimate of drug-likeness (QED) is 0.813. The molecular formula is C15H20N2O3. The van der Waals surface area contributed by atoms with Gasteiger partial charge in [0.15, 0.2) is 0 Å². The van der Waals surface area contributed by atoms with Crippen LogP contribution >= 0.6 is 0 Å². The van der Waals surface area contributed by atoms with E-state index in [1.807, 2.05) is 6.07 Å². The number of likely N-dealkylation sites (N-methyl/N-ethyl adjacent to an activating group) is 1. The summed E-state index contributed by atoms with van der Waals surface area (Å²) in [5.74, 6) is -0.337. The molecule has 1 saturated heterocycles. The maximum atomic E-state index is 12.0. The Kier molecular flexibility index (Phi) is 4.74. The van der Waals surface area contributed by atoms with Gasteiger partial charge in [-0.2, -0.15) is 0 Å². The number of aromatic carboxylic acids is 1. The molecule has 1 aromatic rings. The van der Waals surface area contributed by atoms with Crippen molar-refractivity contribution in [1.82, 2.24) is 10.2 Å². The molecule has 0 unspecified atom stereocenters. The molecule has 1 aliphatic rings. The van der Waals surface area contributed by atoms with Gasteiger partial charge in [0.1, 0.15) is 0 Å². The minimum atomic E-state index is -0.921. The van der Waals surface area contributed by atoms with Crippen molar-refractivity contribution in [2.45, 2.75) is 12.8 Å². The van der Waals surface area contributed by atoms with Gasteiger partial charge in [-0.1, -0.05) is 18.2 Å². The number of rotatable bonds is 6. The van der Waals surface area contributed by atoms with Crippen LogP contribution in [0.5, 0.6) is 0 Å². The summed E-state index contributed by atoms with van der Waals surface area (Å²) < 4.78 is 0. The molecular weight excluding hydrogens is 256 g/mol. The van der Waals surface area contributed by atoms with Gasteiger partial charge in [0.05, 0.1) is 5.56 Å². The Labute approximate surface area is 118 Å². The van der Waals surface area contributed by atoms with Crippen LogP contribution in [0.15, 0.2) is 24.3 Å². The van der Waals surface area contributed by atoms with Crippen molar-refractivity contribution in [3.8, 4) is 0 Å². The van der Waals surface area contributed by atoms with E-state index < -0.39 is 5.97 Å². The summed E-state index contributed by atoms with van der Waals surface area (Å²) in [5.41, 5.74) is 1.08. The Morgan fingerprint density at radius 2 is 2.05 bits per heavy atom. The summed E-state index contributed by atoms with van der Waals surface area (Å²) in [6.07, 6.45) is 1.14. The lowest BCUT2D eigenvalue weighted by Crippen LogP contribution is -2.45. The molecule has 0 spiro atoms. The van der Waals surface area contributed by atoms with Gasteiger partial charge in [0.25, 0.3) is 0 Å². The van der Waals surface area contributed by atoms with E-state index in [0.717, 1.165) is 18.7 Å². The van der Waals surface area contributed by atoms with Gasteiger partial charge < -0.3 is 15.3 Å². The highest BCUT2D eigenvalue weighted by Gasteiger charge is 2.22. The Balaban J connectivity index is 1.87. The molecule has 1 aromatic carbocycles. The van der Waals surface area contributed by atoms with Gasteiger partial charge in [0.2, 0.25) is 5.91 Å². The van der Waals surface area contributed by atoms with Crippen LogP contribution in [-0.2, 0) is 11.2 Å². The molecule has 1 fully saturated rings. The molecule has 0 bridgehead atoms. The molecule has 2 rings (SSSR count). The van der Waals surface area contributed by atoms with E-state index in [2.05, 4.69) is 5.32 Å². The normalized spacial score (nSPS) is 14.7. The molecule has 5 nitrogen and oxygen atoms in total. The van der Waals surface area contributed by atoms with Crippen molar-refractivity contribution < 1.29 is 14.7 Å². The molecule has 5 heteroatoms. The Hall–Kier alpha value is -1.88. The number of amides is 1. The summed E-state index contributed by atoms with van der Waals surface area (Å²) in [6, 6.07) is 6.94. The fraction of sp³-hybridized carbons (Fsp3) is 0.467. The second kappa shape index (κ2) is 6.52. The third-order valence-corrected chi connectivity index (χ3v) is 3.72. The van der Waals surface area contributed by atoms with Gasteiger partial charge in [-0.25, -0.2) is 4.79 Å². The van der Waals surface area contributed by atoms with Gasteiger partial charge in [-0.3, -0.25) is 4.79 Å². The number of hydrogen-bond donors (Lipinski definition) is 2. The lowest BCUT2D eigenvalue weighted by molar-refractivity contribution is -0.131. The standard InChI is InChI=1S/C15H20N2O3/c1-17(14(18)8-11-9-16-10-11)7-6-12-4-2-3-5-13(12)15(19)20/h2-5,11,16H,6-10H2,1H3,(H,19,20). The molecule has 0 aliphatic carbocycles. The van der Waals surface area contributed by atoms with Crippen molar-refractivity contribution in [2.24, 2.45) is 5.92 Å². The first-order chi connectivity index (χ1) is 9.58. The van der Waals surface area contributed by atoms with E-state index >= 15 is 0 Å². The Morgan fingerprint density at radius 3 is 2.65 bits per heavy atom. The van der Waals surface area contributed by atoms with Crippen LogP contribution in [0.3, 0.4) is 0 Å². The van der Waals surface area contributed by atoms with Crippen molar-refractivity contribution in [3.05, 3.63) is 35.4 Å². The molecule has 20 heavy (non-hydrogen) atoms. The van der Waals surface area contributed by atoms with Crippen molar-refractivity contribution in [3.63, 3.8) is 0 Å². The van der Waals surface area contributed by atoms with Gasteiger partial charge in [-0.15, -0.1) is 0 Å². The number of benzene rings is 1. The lowest BCUT2D eigenvalue weighted by atomic mass is 9.98. The largest absolute Gasteiger partial charge is 0.478 e. The predicted octanol–water partition coefficient (Wildman–Crippen LogP) is 0.995. The summed E-state index contributed by atoms with van der Waals surface area (Å²) >= 11 is 0. The van der Waals surface area contributed by atoms with Crippen LogP contribution in [-0.4, -0.2) is 48.6 Å². The lowest BCUT2D eigenvalue weighted by Gasteiger charge is -2.28. The smallest absolute Gasteiger partial charge is 0.335 e. The third-order valence-electron chi connectivity index (χ3n) is 3.72. The fourth-order valence-electron chi connectivity index (χ4n) is 2.26. The topological polar surface area (TPSA) is 69.6 Å². The number of carbonyl (C=O) groups is 2. The van der Waals surface area contributed by atoms with Crippen LogP contribution in [0.1, 0.15) is 22.3 Å². The maximum absolute atomic E-state index is 12.0. The second-order valence-electron chi connectivity index (χ2n) is 5.26. The van der Waals surface area contributed by atoms with E-state index in [0.29, 0.717) is 30.9 Å². The third kappa shape index (κ3) is 3.57. The highest BCUT2D eigenvalue weighted by atomic mass is 16.4. The number of carboxylic acids is 1. The fourth-order valence-corrected chi connectivity index (χ4v) is 2.26. The molecule has 108 valence electrons. The molecule has 2 N–H and O–H groups in total. The first kappa shape index (κ1) is 14.5. The summed E-state index contributed by atoms with van der Waals surface area (Å²) in [4.78, 5) is 24.8. The second-order valence-corrected chi connectivity index (χ2v) is 5.26. The molecule has 1 heterocycles. The zero-order valence-electron chi connectivity index (χ0n) is 11.6. The van der Waals surface area contributed by atoms with Crippen molar-refractivity contribution in [2.75, 3.05) is 26.7 Å². The average Bonchev–Trinajstić information content (AvgIpc) is 2.40. The summed E-state index contributed by atoms with van der Waals surface area (Å²) in [7, 11) is 1.78. The first-order valence-corrected chi connectivity index (χ1v) is 6.84. The molecule has 1 aliphatic heterocycles. The summed E-state index contributed by atoms with van der Waals surface area (Å²) in [5, 5.41) is 12.3. The van der Waals surface area contributed by atoms with Gasteiger partial charge in [-0.05, 0) is 37.1 Å². The summed E-state index contributed by atoms with van der Waals surface area (Å²) in [6.45, 7) is 2.38. The monoisotopic (exact) mass is 276 g/mol. The van der Waals surface area contributed by atoms with Crippen LogP contribution in [0.4, 0.5) is 0 Å².